The zero-order valence-corrected chi connectivity index (χ0v) is 15.5. The van der Waals surface area contributed by atoms with Crippen LogP contribution < -0.4 is 14.8 Å². The number of hydrogen-bond acceptors (Lipinski definition) is 3. The van der Waals surface area contributed by atoms with Gasteiger partial charge in [0.2, 0.25) is 0 Å². The molecule has 0 aliphatic carbocycles. The van der Waals surface area contributed by atoms with Crippen LogP contribution in [0.3, 0.4) is 0 Å². The van der Waals surface area contributed by atoms with E-state index in [9.17, 15) is 4.39 Å². The molecule has 2 aromatic rings. The average Bonchev–Trinajstić information content (AvgIpc) is 2.61. The Labute approximate surface area is 154 Å². The van der Waals surface area contributed by atoms with Crippen molar-refractivity contribution in [1.82, 2.24) is 5.32 Å². The first-order chi connectivity index (χ1) is 12.2. The van der Waals surface area contributed by atoms with Crippen molar-refractivity contribution in [2.75, 3.05) is 13.7 Å². The molecular weight excluding hydrogens is 341 g/mol. The summed E-state index contributed by atoms with van der Waals surface area (Å²) in [5, 5.41) is 3.77. The molecule has 2 rings (SSSR count). The highest BCUT2D eigenvalue weighted by molar-refractivity contribution is 6.31. The molecule has 1 N–H and O–H groups in total. The molecule has 0 bridgehead atoms. The van der Waals surface area contributed by atoms with E-state index in [2.05, 4.69) is 12.2 Å². The Balaban J connectivity index is 1.97. The van der Waals surface area contributed by atoms with Gasteiger partial charge in [0.05, 0.1) is 12.1 Å². The van der Waals surface area contributed by atoms with E-state index in [1.54, 1.807) is 19.2 Å². The van der Waals surface area contributed by atoms with Crippen LogP contribution in [0.5, 0.6) is 11.5 Å². The second kappa shape index (κ2) is 10.3. The predicted molar refractivity (Wildman–Crippen MR) is 100.0 cm³/mol. The van der Waals surface area contributed by atoms with Crippen LogP contribution in [0.2, 0.25) is 5.02 Å². The van der Waals surface area contributed by atoms with Gasteiger partial charge in [0, 0.05) is 12.1 Å². The molecule has 0 heterocycles. The number of halogens is 2. The normalized spacial score (nSPS) is 10.7. The quantitative estimate of drug-likeness (QED) is 0.576. The third-order valence-corrected chi connectivity index (χ3v) is 4.30. The number of rotatable bonds is 10. The molecule has 0 radical (unpaired) electrons. The molecular formula is C20H25ClFNO2. The molecule has 0 amide bonds. The lowest BCUT2D eigenvalue weighted by Gasteiger charge is -2.13. The summed E-state index contributed by atoms with van der Waals surface area (Å²) < 4.78 is 24.9. The molecule has 2 aromatic carbocycles. The molecule has 3 nitrogen and oxygen atoms in total. The topological polar surface area (TPSA) is 30.5 Å². The summed E-state index contributed by atoms with van der Waals surface area (Å²) in [4.78, 5) is 0. The van der Waals surface area contributed by atoms with Gasteiger partial charge >= 0.3 is 0 Å². The summed E-state index contributed by atoms with van der Waals surface area (Å²) in [5.41, 5.74) is 1.46. The second-order valence-electron chi connectivity index (χ2n) is 5.86. The van der Waals surface area contributed by atoms with Crippen LogP contribution in [-0.2, 0) is 13.2 Å². The van der Waals surface area contributed by atoms with Crippen LogP contribution >= 0.6 is 11.6 Å². The van der Waals surface area contributed by atoms with Crippen molar-refractivity contribution in [2.45, 2.75) is 39.3 Å². The van der Waals surface area contributed by atoms with Crippen LogP contribution in [0.1, 0.15) is 37.3 Å². The fraction of sp³-hybridized carbons (Fsp3) is 0.400. The fourth-order valence-electron chi connectivity index (χ4n) is 2.49. The van der Waals surface area contributed by atoms with E-state index < -0.39 is 0 Å². The van der Waals surface area contributed by atoms with Gasteiger partial charge in [-0.25, -0.2) is 4.39 Å². The molecule has 0 aromatic heterocycles. The maximum atomic E-state index is 13.8. The van der Waals surface area contributed by atoms with Crippen LogP contribution in [0.25, 0.3) is 0 Å². The van der Waals surface area contributed by atoms with Gasteiger partial charge in [-0.3, -0.25) is 0 Å². The Bertz CT molecular complexity index is 658. The Morgan fingerprint density at radius 1 is 1.12 bits per heavy atom. The van der Waals surface area contributed by atoms with Crippen LogP contribution in [-0.4, -0.2) is 13.7 Å². The van der Waals surface area contributed by atoms with Crippen molar-refractivity contribution in [3.05, 3.63) is 58.4 Å². The highest BCUT2D eigenvalue weighted by atomic mass is 35.5. The molecule has 0 fully saturated rings. The molecule has 5 heteroatoms. The fourth-order valence-corrected chi connectivity index (χ4v) is 2.71. The van der Waals surface area contributed by atoms with Crippen LogP contribution in [0.4, 0.5) is 4.39 Å². The summed E-state index contributed by atoms with van der Waals surface area (Å²) >= 11 is 6.03. The summed E-state index contributed by atoms with van der Waals surface area (Å²) in [7, 11) is 1.59. The third-order valence-electron chi connectivity index (χ3n) is 3.95. The van der Waals surface area contributed by atoms with Gasteiger partial charge < -0.3 is 14.8 Å². The number of nitrogens with one attached hydrogen (secondary N) is 1. The first kappa shape index (κ1) is 19.5. The standard InChI is InChI=1S/C20H25ClFNO2/c1-3-4-5-11-23-13-15-9-10-19(20(12-15)24-2)25-14-16-17(21)7-6-8-18(16)22/h6-10,12,23H,3-5,11,13-14H2,1-2H3. The van der Waals surface area contributed by atoms with Gasteiger partial charge in [-0.15, -0.1) is 0 Å². The molecule has 0 saturated carbocycles. The lowest BCUT2D eigenvalue weighted by molar-refractivity contribution is 0.279. The largest absolute Gasteiger partial charge is 0.493 e. The van der Waals surface area contributed by atoms with Gasteiger partial charge in [-0.1, -0.05) is 43.5 Å². The molecule has 0 unspecified atom stereocenters. The molecule has 0 saturated heterocycles. The van der Waals surface area contributed by atoms with Crippen molar-refractivity contribution in [3.63, 3.8) is 0 Å². The van der Waals surface area contributed by atoms with Gasteiger partial charge in [0.1, 0.15) is 12.4 Å². The maximum absolute atomic E-state index is 13.8. The first-order valence-corrected chi connectivity index (χ1v) is 8.96. The minimum Gasteiger partial charge on any atom is -0.493 e. The number of ether oxygens (including phenoxy) is 2. The number of unbranched alkanes of at least 4 members (excludes halogenated alkanes) is 2. The summed E-state index contributed by atoms with van der Waals surface area (Å²) in [5.74, 6) is 0.816. The smallest absolute Gasteiger partial charge is 0.161 e. The molecule has 136 valence electrons. The van der Waals surface area contributed by atoms with Gasteiger partial charge in [-0.05, 0) is 42.8 Å². The Morgan fingerprint density at radius 3 is 2.68 bits per heavy atom. The van der Waals surface area contributed by atoms with Crippen molar-refractivity contribution in [3.8, 4) is 11.5 Å². The third kappa shape index (κ3) is 5.91. The zero-order chi connectivity index (χ0) is 18.1. The van der Waals surface area contributed by atoms with Crippen molar-refractivity contribution < 1.29 is 13.9 Å². The van der Waals surface area contributed by atoms with Gasteiger partial charge in [0.25, 0.3) is 0 Å². The van der Waals surface area contributed by atoms with Crippen molar-refractivity contribution in [1.29, 1.82) is 0 Å². The van der Waals surface area contributed by atoms with E-state index in [1.807, 2.05) is 18.2 Å². The van der Waals surface area contributed by atoms with E-state index in [0.29, 0.717) is 22.1 Å². The molecule has 0 spiro atoms. The minimum absolute atomic E-state index is 0.0521. The van der Waals surface area contributed by atoms with Crippen LogP contribution in [0, 0.1) is 5.82 Å². The van der Waals surface area contributed by atoms with Crippen LogP contribution in [0.15, 0.2) is 36.4 Å². The molecule has 0 aliphatic heterocycles. The zero-order valence-electron chi connectivity index (χ0n) is 14.8. The van der Waals surface area contributed by atoms with Gasteiger partial charge in [0.15, 0.2) is 11.5 Å². The van der Waals surface area contributed by atoms with E-state index in [4.69, 9.17) is 21.1 Å². The average molecular weight is 366 g/mol. The lowest BCUT2D eigenvalue weighted by atomic mass is 10.2. The van der Waals surface area contributed by atoms with E-state index in [1.165, 1.54) is 25.3 Å². The second-order valence-corrected chi connectivity index (χ2v) is 6.27. The van der Waals surface area contributed by atoms with E-state index in [-0.39, 0.29) is 12.4 Å². The Hall–Kier alpha value is -1.78. The summed E-state index contributed by atoms with van der Waals surface area (Å²) in [6.45, 7) is 4.02. The Morgan fingerprint density at radius 2 is 1.96 bits per heavy atom. The minimum atomic E-state index is -0.376. The van der Waals surface area contributed by atoms with Gasteiger partial charge in [-0.2, -0.15) is 0 Å². The summed E-state index contributed by atoms with van der Waals surface area (Å²) in [6.07, 6.45) is 3.63. The SMILES string of the molecule is CCCCCNCc1ccc(OCc2c(F)cccc2Cl)c(OC)c1. The maximum Gasteiger partial charge on any atom is 0.161 e. The highest BCUT2D eigenvalue weighted by Crippen LogP contribution is 2.30. The highest BCUT2D eigenvalue weighted by Gasteiger charge is 2.10. The number of hydrogen-bond donors (Lipinski definition) is 1. The predicted octanol–water partition coefficient (Wildman–Crippen LogP) is 5.35. The first-order valence-electron chi connectivity index (χ1n) is 8.59. The van der Waals surface area contributed by atoms with E-state index >= 15 is 0 Å². The van der Waals surface area contributed by atoms with Crippen molar-refractivity contribution >= 4 is 11.6 Å². The monoisotopic (exact) mass is 365 g/mol. The molecule has 0 atom stereocenters. The molecule has 0 aliphatic rings. The van der Waals surface area contributed by atoms with Crippen molar-refractivity contribution in [2.24, 2.45) is 0 Å². The summed E-state index contributed by atoms with van der Waals surface area (Å²) in [6, 6.07) is 10.3. The lowest BCUT2D eigenvalue weighted by Crippen LogP contribution is -2.14. The Kier molecular flexibility index (Phi) is 8.02. The molecule has 25 heavy (non-hydrogen) atoms. The number of benzene rings is 2. The van der Waals surface area contributed by atoms with E-state index in [0.717, 1.165) is 18.7 Å². The number of methoxy groups -OCH3 is 1.